The van der Waals surface area contributed by atoms with Gasteiger partial charge in [-0.15, -0.1) is 0 Å². The molecule has 0 spiro atoms. The van der Waals surface area contributed by atoms with E-state index in [0.29, 0.717) is 0 Å². The first kappa shape index (κ1) is 14.9. The second-order valence-electron chi connectivity index (χ2n) is 3.78. The van der Waals surface area contributed by atoms with Gasteiger partial charge in [0.2, 0.25) is 0 Å². The van der Waals surface area contributed by atoms with Crippen molar-refractivity contribution in [1.82, 2.24) is 0 Å². The molecular weight excluding hydrogens is 204 g/mol. The van der Waals surface area contributed by atoms with Crippen LogP contribution in [0.2, 0.25) is 6.55 Å². The molecule has 0 aromatic rings. The Morgan fingerprint density at radius 3 is 2.07 bits per heavy atom. The van der Waals surface area contributed by atoms with E-state index < -0.39 is 8.56 Å². The summed E-state index contributed by atoms with van der Waals surface area (Å²) >= 11 is 0. The maximum atomic E-state index is 5.71. The smallest absolute Gasteiger partial charge is 0.361 e. The van der Waals surface area contributed by atoms with Crippen molar-refractivity contribution < 1.29 is 8.85 Å². The van der Waals surface area contributed by atoms with Gasteiger partial charge in [0.05, 0.1) is 0 Å². The fourth-order valence-electron chi connectivity index (χ4n) is 1.52. The van der Waals surface area contributed by atoms with Crippen LogP contribution in [0.15, 0.2) is 11.8 Å². The molecule has 2 nitrogen and oxygen atoms in total. The van der Waals surface area contributed by atoms with Crippen LogP contribution in [0.3, 0.4) is 0 Å². The molecule has 0 aliphatic heterocycles. The quantitative estimate of drug-likeness (QED) is 0.443. The molecule has 0 rings (SSSR count). The van der Waals surface area contributed by atoms with E-state index in [-0.39, 0.29) is 0 Å². The van der Waals surface area contributed by atoms with Crippen LogP contribution in [0.25, 0.3) is 0 Å². The number of allylic oxidation sites excluding steroid dienone is 1. The van der Waals surface area contributed by atoms with Crippen LogP contribution >= 0.6 is 0 Å². The van der Waals surface area contributed by atoms with Crippen LogP contribution in [0, 0.1) is 0 Å². The van der Waals surface area contributed by atoms with E-state index in [2.05, 4.69) is 25.2 Å². The predicted octanol–water partition coefficient (Wildman–Crippen LogP) is 3.81. The first-order valence-corrected chi connectivity index (χ1v) is 8.53. The molecule has 0 radical (unpaired) electrons. The molecule has 0 amide bonds. The summed E-state index contributed by atoms with van der Waals surface area (Å²) in [7, 11) is -1.99. The Balaban J connectivity index is 3.92. The van der Waals surface area contributed by atoms with Gasteiger partial charge in [-0.3, -0.25) is 0 Å². The molecule has 0 N–H and O–H groups in total. The van der Waals surface area contributed by atoms with Gasteiger partial charge in [-0.1, -0.05) is 25.8 Å². The highest BCUT2D eigenvalue weighted by atomic mass is 28.4. The molecular formula is C12H26O2Si. The molecule has 0 aromatic carbocycles. The number of rotatable bonds is 9. The normalized spacial score (nSPS) is 12.5. The molecule has 0 aliphatic carbocycles. The number of hydrogen-bond acceptors (Lipinski definition) is 2. The van der Waals surface area contributed by atoms with Crippen molar-refractivity contribution in [2.24, 2.45) is 0 Å². The summed E-state index contributed by atoms with van der Waals surface area (Å²) in [5, 5.41) is 0. The monoisotopic (exact) mass is 230 g/mol. The molecule has 90 valence electrons. The van der Waals surface area contributed by atoms with E-state index in [1.54, 1.807) is 0 Å². The lowest BCUT2D eigenvalue weighted by atomic mass is 10.2. The minimum Gasteiger partial charge on any atom is -0.392 e. The van der Waals surface area contributed by atoms with Gasteiger partial charge in [0.1, 0.15) is 0 Å². The van der Waals surface area contributed by atoms with Gasteiger partial charge in [0.15, 0.2) is 0 Å². The Bertz CT molecular complexity index is 163. The summed E-state index contributed by atoms with van der Waals surface area (Å²) in [6.07, 6.45) is 7.24. The SMILES string of the molecule is CCCCC/C=C\[Si](C)(OCC)OCC. The van der Waals surface area contributed by atoms with E-state index >= 15 is 0 Å². The van der Waals surface area contributed by atoms with Crippen LogP contribution in [-0.2, 0) is 8.85 Å². The number of unbranched alkanes of at least 4 members (excludes halogenated alkanes) is 3. The van der Waals surface area contributed by atoms with E-state index in [0.717, 1.165) is 19.6 Å². The zero-order valence-electron chi connectivity index (χ0n) is 10.7. The Hall–Kier alpha value is -0.123. The first-order valence-electron chi connectivity index (χ1n) is 6.14. The van der Waals surface area contributed by atoms with E-state index in [1.165, 1.54) is 19.3 Å². The fraction of sp³-hybridized carbons (Fsp3) is 0.833. The Morgan fingerprint density at radius 2 is 1.60 bits per heavy atom. The molecule has 0 fully saturated rings. The summed E-state index contributed by atoms with van der Waals surface area (Å²) in [4.78, 5) is 0. The van der Waals surface area contributed by atoms with Crippen LogP contribution < -0.4 is 0 Å². The molecule has 15 heavy (non-hydrogen) atoms. The molecule has 0 saturated heterocycles. The Labute approximate surface area is 95.9 Å². The molecule has 0 aliphatic rings. The van der Waals surface area contributed by atoms with E-state index in [1.807, 2.05) is 13.8 Å². The van der Waals surface area contributed by atoms with Crippen molar-refractivity contribution in [1.29, 1.82) is 0 Å². The number of hydrogen-bond donors (Lipinski definition) is 0. The maximum absolute atomic E-state index is 5.71. The van der Waals surface area contributed by atoms with E-state index in [4.69, 9.17) is 8.85 Å². The summed E-state index contributed by atoms with van der Waals surface area (Å²) in [6.45, 7) is 9.85. The van der Waals surface area contributed by atoms with Crippen molar-refractivity contribution in [2.45, 2.75) is 53.0 Å². The molecule has 3 heteroatoms. The average molecular weight is 230 g/mol. The van der Waals surface area contributed by atoms with Gasteiger partial charge in [-0.25, -0.2) is 0 Å². The summed E-state index contributed by atoms with van der Waals surface area (Å²) < 4.78 is 11.4. The molecule has 0 unspecified atom stereocenters. The lowest BCUT2D eigenvalue weighted by Gasteiger charge is -2.22. The molecule has 0 heterocycles. The fourth-order valence-corrected chi connectivity index (χ4v) is 3.54. The van der Waals surface area contributed by atoms with Crippen LogP contribution in [-0.4, -0.2) is 21.8 Å². The summed E-state index contributed by atoms with van der Waals surface area (Å²) in [5.74, 6) is 0. The van der Waals surface area contributed by atoms with Crippen molar-refractivity contribution in [3.05, 3.63) is 11.8 Å². The molecule has 0 saturated carbocycles. The van der Waals surface area contributed by atoms with Crippen LogP contribution in [0.5, 0.6) is 0 Å². The van der Waals surface area contributed by atoms with Gasteiger partial charge in [0.25, 0.3) is 0 Å². The first-order chi connectivity index (χ1) is 7.18. The highest BCUT2D eigenvalue weighted by Gasteiger charge is 2.26. The second-order valence-corrected chi connectivity index (χ2v) is 6.72. The largest absolute Gasteiger partial charge is 0.392 e. The minimum absolute atomic E-state index is 0.738. The third-order valence-corrected chi connectivity index (χ3v) is 4.82. The lowest BCUT2D eigenvalue weighted by molar-refractivity contribution is 0.201. The highest BCUT2D eigenvalue weighted by Crippen LogP contribution is 2.10. The standard InChI is InChI=1S/C12H26O2Si/c1-5-8-9-10-11-12-15(4,13-6-2)14-7-3/h11-12H,5-10H2,1-4H3/b12-11-. The third-order valence-electron chi connectivity index (χ3n) is 2.26. The predicted molar refractivity (Wildman–Crippen MR) is 68.2 cm³/mol. The van der Waals surface area contributed by atoms with Crippen LogP contribution in [0.1, 0.15) is 46.5 Å². The van der Waals surface area contributed by atoms with Crippen LogP contribution in [0.4, 0.5) is 0 Å². The Kier molecular flexibility index (Phi) is 9.05. The highest BCUT2D eigenvalue weighted by molar-refractivity contribution is 6.71. The minimum atomic E-state index is -1.99. The summed E-state index contributed by atoms with van der Waals surface area (Å²) in [5.41, 5.74) is 2.18. The van der Waals surface area contributed by atoms with Gasteiger partial charge < -0.3 is 8.85 Å². The van der Waals surface area contributed by atoms with E-state index in [9.17, 15) is 0 Å². The molecule has 0 aromatic heterocycles. The average Bonchev–Trinajstić information content (AvgIpc) is 2.18. The third kappa shape index (κ3) is 7.77. The van der Waals surface area contributed by atoms with Crippen molar-refractivity contribution in [3.8, 4) is 0 Å². The van der Waals surface area contributed by atoms with Crippen molar-refractivity contribution >= 4 is 8.56 Å². The summed E-state index contributed by atoms with van der Waals surface area (Å²) in [6, 6.07) is 0. The van der Waals surface area contributed by atoms with Crippen molar-refractivity contribution in [3.63, 3.8) is 0 Å². The molecule has 0 atom stereocenters. The van der Waals surface area contributed by atoms with Gasteiger partial charge in [-0.05, 0) is 38.9 Å². The maximum Gasteiger partial charge on any atom is 0.361 e. The van der Waals surface area contributed by atoms with Gasteiger partial charge >= 0.3 is 8.56 Å². The van der Waals surface area contributed by atoms with Gasteiger partial charge in [-0.2, -0.15) is 0 Å². The Morgan fingerprint density at radius 1 is 1.00 bits per heavy atom. The lowest BCUT2D eigenvalue weighted by Crippen LogP contribution is -2.36. The second kappa shape index (κ2) is 9.13. The van der Waals surface area contributed by atoms with Gasteiger partial charge in [0, 0.05) is 13.2 Å². The van der Waals surface area contributed by atoms with Crippen molar-refractivity contribution in [2.75, 3.05) is 13.2 Å². The zero-order chi connectivity index (χ0) is 11.6. The molecule has 0 bridgehead atoms. The zero-order valence-corrected chi connectivity index (χ0v) is 11.7. The topological polar surface area (TPSA) is 18.5 Å².